The second-order valence-electron chi connectivity index (χ2n) is 5.51. The molecule has 0 aromatic carbocycles. The largest absolute Gasteiger partial charge is 0.458 e. The maximum Gasteiger partial charge on any atom is 0.359 e. The standard InChI is InChI=1S/C18H26N2O2/c1-6-7-8-9-10-11-15-13(4)16(19)17(20-14(15)5)18(21)22-12(2)3/h6-9,12H,10-11,19H2,1-5H3. The maximum absolute atomic E-state index is 12.0. The number of hydrogen-bond donors (Lipinski definition) is 1. The summed E-state index contributed by atoms with van der Waals surface area (Å²) < 4.78 is 5.19. The highest BCUT2D eigenvalue weighted by molar-refractivity contribution is 5.94. The van der Waals surface area contributed by atoms with Gasteiger partial charge < -0.3 is 10.5 Å². The third-order valence-corrected chi connectivity index (χ3v) is 3.36. The van der Waals surface area contributed by atoms with Crippen molar-refractivity contribution in [2.24, 2.45) is 0 Å². The summed E-state index contributed by atoms with van der Waals surface area (Å²) in [5, 5.41) is 0. The van der Waals surface area contributed by atoms with Crippen LogP contribution in [0.15, 0.2) is 24.3 Å². The second-order valence-corrected chi connectivity index (χ2v) is 5.51. The van der Waals surface area contributed by atoms with Crippen LogP contribution in [0.4, 0.5) is 5.69 Å². The molecular formula is C18H26N2O2. The smallest absolute Gasteiger partial charge is 0.359 e. The number of anilines is 1. The zero-order chi connectivity index (χ0) is 16.7. The van der Waals surface area contributed by atoms with Crippen LogP contribution in [0.25, 0.3) is 0 Å². The fraction of sp³-hybridized carbons (Fsp3) is 0.444. The van der Waals surface area contributed by atoms with E-state index in [1.807, 2.05) is 39.0 Å². The third kappa shape index (κ3) is 4.72. The Balaban J connectivity index is 2.99. The first-order chi connectivity index (χ1) is 10.4. The van der Waals surface area contributed by atoms with E-state index in [4.69, 9.17) is 10.5 Å². The maximum atomic E-state index is 12.0. The van der Waals surface area contributed by atoms with Crippen molar-refractivity contribution < 1.29 is 9.53 Å². The fourth-order valence-electron chi connectivity index (χ4n) is 2.21. The topological polar surface area (TPSA) is 65.2 Å². The van der Waals surface area contributed by atoms with Crippen molar-refractivity contribution in [1.82, 2.24) is 4.98 Å². The molecule has 0 atom stereocenters. The van der Waals surface area contributed by atoms with Gasteiger partial charge in [0.2, 0.25) is 0 Å². The summed E-state index contributed by atoms with van der Waals surface area (Å²) in [5.74, 6) is -0.460. The van der Waals surface area contributed by atoms with Gasteiger partial charge in [0.25, 0.3) is 0 Å². The first-order valence-corrected chi connectivity index (χ1v) is 7.62. The van der Waals surface area contributed by atoms with Crippen LogP contribution in [-0.2, 0) is 11.2 Å². The van der Waals surface area contributed by atoms with Crippen molar-refractivity contribution in [3.63, 3.8) is 0 Å². The minimum atomic E-state index is -0.460. The highest BCUT2D eigenvalue weighted by Crippen LogP contribution is 2.24. The van der Waals surface area contributed by atoms with Gasteiger partial charge in [-0.05, 0) is 58.6 Å². The lowest BCUT2D eigenvalue weighted by Gasteiger charge is -2.15. The van der Waals surface area contributed by atoms with E-state index >= 15 is 0 Å². The zero-order valence-corrected chi connectivity index (χ0v) is 14.1. The molecule has 1 aromatic heterocycles. The summed E-state index contributed by atoms with van der Waals surface area (Å²) in [6.45, 7) is 9.43. The van der Waals surface area contributed by atoms with Crippen molar-refractivity contribution in [3.05, 3.63) is 46.8 Å². The van der Waals surface area contributed by atoms with E-state index in [0.29, 0.717) is 5.69 Å². The van der Waals surface area contributed by atoms with Gasteiger partial charge in [-0.3, -0.25) is 0 Å². The number of nitrogens with zero attached hydrogens (tertiary/aromatic N) is 1. The van der Waals surface area contributed by atoms with Gasteiger partial charge in [0, 0.05) is 5.69 Å². The molecule has 0 aliphatic heterocycles. The van der Waals surface area contributed by atoms with Crippen molar-refractivity contribution >= 4 is 11.7 Å². The molecule has 0 radical (unpaired) electrons. The number of allylic oxidation sites excluding steroid dienone is 4. The van der Waals surface area contributed by atoms with E-state index in [-0.39, 0.29) is 11.8 Å². The van der Waals surface area contributed by atoms with Gasteiger partial charge in [0.15, 0.2) is 5.69 Å². The number of carbonyl (C=O) groups excluding carboxylic acids is 1. The Kier molecular flexibility index (Phi) is 6.83. The number of pyridine rings is 1. The predicted octanol–water partition coefficient (Wildman–Crippen LogP) is 3.91. The quantitative estimate of drug-likeness (QED) is 0.639. The minimum absolute atomic E-state index is 0.189. The zero-order valence-electron chi connectivity index (χ0n) is 14.1. The molecule has 22 heavy (non-hydrogen) atoms. The van der Waals surface area contributed by atoms with Gasteiger partial charge in [-0.15, -0.1) is 0 Å². The summed E-state index contributed by atoms with van der Waals surface area (Å²) >= 11 is 0. The Labute approximate surface area is 133 Å². The highest BCUT2D eigenvalue weighted by Gasteiger charge is 2.19. The number of nitrogen functional groups attached to an aromatic ring is 1. The Morgan fingerprint density at radius 3 is 2.59 bits per heavy atom. The van der Waals surface area contributed by atoms with Gasteiger partial charge in [-0.25, -0.2) is 9.78 Å². The van der Waals surface area contributed by atoms with E-state index in [2.05, 4.69) is 11.1 Å². The van der Waals surface area contributed by atoms with Crippen LogP contribution >= 0.6 is 0 Å². The van der Waals surface area contributed by atoms with E-state index in [0.717, 1.165) is 29.7 Å². The predicted molar refractivity (Wildman–Crippen MR) is 90.9 cm³/mol. The summed E-state index contributed by atoms with van der Waals surface area (Å²) in [4.78, 5) is 16.4. The van der Waals surface area contributed by atoms with Crippen LogP contribution in [0.3, 0.4) is 0 Å². The lowest BCUT2D eigenvalue weighted by molar-refractivity contribution is 0.0372. The molecule has 0 saturated carbocycles. The Morgan fingerprint density at radius 1 is 1.32 bits per heavy atom. The molecule has 0 aliphatic rings. The molecule has 0 unspecified atom stereocenters. The number of carbonyl (C=O) groups is 1. The van der Waals surface area contributed by atoms with Crippen LogP contribution in [-0.4, -0.2) is 17.1 Å². The SMILES string of the molecule is CC=CC=CCCc1c(C)nc(C(=O)OC(C)C)c(N)c1C. The molecule has 1 heterocycles. The Hall–Kier alpha value is -2.10. The summed E-state index contributed by atoms with van der Waals surface area (Å²) in [7, 11) is 0. The molecule has 0 saturated heterocycles. The van der Waals surface area contributed by atoms with Crippen molar-refractivity contribution in [1.29, 1.82) is 0 Å². The molecule has 4 nitrogen and oxygen atoms in total. The van der Waals surface area contributed by atoms with E-state index in [1.165, 1.54) is 0 Å². The number of rotatable bonds is 6. The van der Waals surface area contributed by atoms with Gasteiger partial charge >= 0.3 is 5.97 Å². The number of nitrogens with two attached hydrogens (primary N) is 1. The first-order valence-electron chi connectivity index (χ1n) is 7.62. The van der Waals surface area contributed by atoms with Crippen molar-refractivity contribution in [2.45, 2.75) is 53.6 Å². The van der Waals surface area contributed by atoms with E-state index in [9.17, 15) is 4.79 Å². The van der Waals surface area contributed by atoms with E-state index < -0.39 is 5.97 Å². The number of aryl methyl sites for hydroxylation is 1. The first kappa shape index (κ1) is 18.0. The van der Waals surface area contributed by atoms with Gasteiger partial charge in [-0.1, -0.05) is 24.3 Å². The highest BCUT2D eigenvalue weighted by atomic mass is 16.5. The fourth-order valence-corrected chi connectivity index (χ4v) is 2.21. The van der Waals surface area contributed by atoms with E-state index in [1.54, 1.807) is 13.8 Å². The molecule has 1 rings (SSSR count). The van der Waals surface area contributed by atoms with Gasteiger partial charge in [0.1, 0.15) is 0 Å². The molecule has 120 valence electrons. The molecule has 0 spiro atoms. The number of hydrogen-bond acceptors (Lipinski definition) is 4. The normalized spacial score (nSPS) is 11.7. The number of aromatic nitrogens is 1. The number of esters is 1. The summed E-state index contributed by atoms with van der Waals surface area (Å²) in [6, 6.07) is 0. The van der Waals surface area contributed by atoms with Crippen LogP contribution in [0, 0.1) is 13.8 Å². The average Bonchev–Trinajstić information content (AvgIpc) is 2.45. The molecule has 0 aliphatic carbocycles. The second kappa shape index (κ2) is 8.37. The Bertz CT molecular complexity index is 587. The molecular weight excluding hydrogens is 276 g/mol. The van der Waals surface area contributed by atoms with Gasteiger partial charge in [-0.2, -0.15) is 0 Å². The number of ether oxygens (including phenoxy) is 1. The Morgan fingerprint density at radius 2 is 2.00 bits per heavy atom. The molecule has 0 bridgehead atoms. The lowest BCUT2D eigenvalue weighted by Crippen LogP contribution is -2.17. The summed E-state index contributed by atoms with van der Waals surface area (Å²) in [6.07, 6.45) is 9.68. The molecule has 0 fully saturated rings. The van der Waals surface area contributed by atoms with Crippen molar-refractivity contribution in [3.8, 4) is 0 Å². The van der Waals surface area contributed by atoms with Crippen LogP contribution in [0.2, 0.25) is 0 Å². The van der Waals surface area contributed by atoms with Crippen LogP contribution < -0.4 is 5.73 Å². The molecule has 0 amide bonds. The molecule has 2 N–H and O–H groups in total. The minimum Gasteiger partial charge on any atom is -0.458 e. The van der Waals surface area contributed by atoms with Crippen molar-refractivity contribution in [2.75, 3.05) is 5.73 Å². The van der Waals surface area contributed by atoms with Crippen LogP contribution in [0.1, 0.15) is 54.5 Å². The molecule has 4 heteroatoms. The third-order valence-electron chi connectivity index (χ3n) is 3.36. The average molecular weight is 302 g/mol. The lowest BCUT2D eigenvalue weighted by atomic mass is 9.99. The monoisotopic (exact) mass is 302 g/mol. The van der Waals surface area contributed by atoms with Gasteiger partial charge in [0.05, 0.1) is 11.8 Å². The van der Waals surface area contributed by atoms with Crippen LogP contribution in [0.5, 0.6) is 0 Å². The summed E-state index contributed by atoms with van der Waals surface area (Å²) in [5.41, 5.74) is 9.58. The molecule has 1 aromatic rings.